The van der Waals surface area contributed by atoms with Crippen LogP contribution in [0, 0.1) is 92.7 Å². The average molecular weight is 911 g/mol. The molecule has 0 unspecified atom stereocenters. The summed E-state index contributed by atoms with van der Waals surface area (Å²) in [5.74, 6) is -0.767. The van der Waals surface area contributed by atoms with Crippen LogP contribution in [-0.2, 0) is 54.2 Å². The molecule has 13 rings (SSSR count). The molecule has 8 aliphatic carbocycles. The molecule has 11 heteroatoms. The Labute approximate surface area is 392 Å². The first-order valence-electron chi connectivity index (χ1n) is 26.6. The maximum atomic E-state index is 15.1. The van der Waals surface area contributed by atoms with Gasteiger partial charge in [-0.3, -0.25) is 19.6 Å². The third-order valence-corrected chi connectivity index (χ3v) is 24.3. The van der Waals surface area contributed by atoms with Gasteiger partial charge in [-0.2, -0.15) is 0 Å². The second kappa shape index (κ2) is 13.2. The van der Waals surface area contributed by atoms with Crippen LogP contribution in [0.25, 0.3) is 0 Å². The third-order valence-electron chi connectivity index (χ3n) is 24.3. The SMILES string of the molecule is C[C@@H]1[C@H](O)[C@]2(OC[C@]34C(=O)C[C@H]5[C@@H](CC[C@H]6Cc7nc8c(nc7C[C@@]65C)C[C@@H]5CC[C@@H]6[C@H](CC(=O)[C@]67C[C@@H]6O[C@@]9(CCC(C)(C)O9)[C@@H](C)[C@@H]6[C@]7(C)O)[C@@]5(C)C8)[C@@H]3C[C@H](O)[C@@H]4[C@H]2C)OC1(C)C. The molecule has 4 saturated heterocycles. The summed E-state index contributed by atoms with van der Waals surface area (Å²) in [4.78, 5) is 41.0. The maximum absolute atomic E-state index is 15.1. The first-order valence-corrected chi connectivity index (χ1v) is 26.6. The Hall–Kier alpha value is -1.86. The molecular formula is C55H78N2O9. The zero-order valence-electron chi connectivity index (χ0n) is 41.5. The fraction of sp³-hybridized carbons (Fsp3) is 0.891. The van der Waals surface area contributed by atoms with Crippen molar-refractivity contribution in [1.29, 1.82) is 0 Å². The number of carbonyl (C=O) groups is 2. The molecule has 3 N–H and O–H groups in total. The predicted molar refractivity (Wildman–Crippen MR) is 242 cm³/mol. The molecule has 66 heavy (non-hydrogen) atoms. The third kappa shape index (κ3) is 5.02. The van der Waals surface area contributed by atoms with E-state index in [9.17, 15) is 20.1 Å². The number of hydrogen-bond acceptors (Lipinski definition) is 11. The van der Waals surface area contributed by atoms with Gasteiger partial charge in [0.25, 0.3) is 0 Å². The fourth-order valence-electron chi connectivity index (χ4n) is 20.7. The van der Waals surface area contributed by atoms with Crippen LogP contribution < -0.4 is 0 Å². The minimum atomic E-state index is -1.23. The zero-order chi connectivity index (χ0) is 46.5. The van der Waals surface area contributed by atoms with Gasteiger partial charge >= 0.3 is 0 Å². The van der Waals surface area contributed by atoms with E-state index >= 15 is 4.79 Å². The van der Waals surface area contributed by atoms with Crippen molar-refractivity contribution in [2.24, 2.45) is 92.7 Å². The van der Waals surface area contributed by atoms with Crippen molar-refractivity contribution in [3.63, 3.8) is 0 Å². The lowest BCUT2D eigenvalue weighted by molar-refractivity contribution is -0.346. The van der Waals surface area contributed by atoms with Crippen molar-refractivity contribution in [2.75, 3.05) is 6.61 Å². The first-order chi connectivity index (χ1) is 30.9. The smallest absolute Gasteiger partial charge is 0.198 e. The number of aliphatic hydroxyl groups is 3. The highest BCUT2D eigenvalue weighted by Crippen LogP contribution is 2.74. The van der Waals surface area contributed by atoms with Gasteiger partial charge in [0.15, 0.2) is 11.6 Å². The summed E-state index contributed by atoms with van der Waals surface area (Å²) in [5.41, 5.74) is 0.689. The van der Waals surface area contributed by atoms with Crippen molar-refractivity contribution in [3.8, 4) is 0 Å². The van der Waals surface area contributed by atoms with Gasteiger partial charge < -0.3 is 34.3 Å². The summed E-state index contributed by atoms with van der Waals surface area (Å²) in [5, 5.41) is 36.6. The number of hydrogen-bond donors (Lipinski definition) is 3. The number of rotatable bonds is 0. The predicted octanol–water partition coefficient (Wildman–Crippen LogP) is 7.15. The molecule has 1 aromatic heterocycles. The number of ether oxygens (including phenoxy) is 4. The van der Waals surface area contributed by atoms with Gasteiger partial charge in [0.1, 0.15) is 17.7 Å². The number of aromatic nitrogens is 2. The Kier molecular flexibility index (Phi) is 8.79. The average Bonchev–Trinajstić information content (AvgIpc) is 4.00. The van der Waals surface area contributed by atoms with Crippen molar-refractivity contribution < 1.29 is 43.9 Å². The molecule has 4 spiro atoms. The van der Waals surface area contributed by atoms with Crippen LogP contribution in [0.2, 0.25) is 0 Å². The lowest BCUT2D eigenvalue weighted by atomic mass is 9.43. The molecule has 10 fully saturated rings. The van der Waals surface area contributed by atoms with Gasteiger partial charge in [0, 0.05) is 48.9 Å². The van der Waals surface area contributed by atoms with Crippen molar-refractivity contribution in [1.82, 2.24) is 9.97 Å². The highest BCUT2D eigenvalue weighted by Gasteiger charge is 2.79. The van der Waals surface area contributed by atoms with Crippen LogP contribution >= 0.6 is 0 Å². The Balaban J connectivity index is 0.759. The molecule has 0 bridgehead atoms. The van der Waals surface area contributed by atoms with E-state index in [0.717, 1.165) is 87.0 Å². The van der Waals surface area contributed by atoms with E-state index in [0.29, 0.717) is 43.4 Å². The molecule has 1 aromatic rings. The minimum Gasteiger partial charge on any atom is -0.393 e. The molecule has 0 amide bonds. The number of nitrogens with zero attached hydrogens (tertiary/aromatic N) is 2. The fourth-order valence-corrected chi connectivity index (χ4v) is 20.7. The Morgan fingerprint density at radius 2 is 1.29 bits per heavy atom. The van der Waals surface area contributed by atoms with Crippen molar-refractivity contribution in [3.05, 3.63) is 22.8 Å². The van der Waals surface area contributed by atoms with Crippen LogP contribution in [0.15, 0.2) is 0 Å². The molecule has 22 atom stereocenters. The highest BCUT2D eigenvalue weighted by molar-refractivity contribution is 5.90. The Bertz CT molecular complexity index is 2310. The Morgan fingerprint density at radius 3 is 1.89 bits per heavy atom. The van der Waals surface area contributed by atoms with E-state index in [4.69, 9.17) is 28.9 Å². The molecule has 4 aliphatic heterocycles. The van der Waals surface area contributed by atoms with Gasteiger partial charge in [-0.15, -0.1) is 0 Å². The first kappa shape index (κ1) is 44.1. The Morgan fingerprint density at radius 1 is 0.652 bits per heavy atom. The normalized spacial score (nSPS) is 57.8. The van der Waals surface area contributed by atoms with Gasteiger partial charge in [-0.25, -0.2) is 0 Å². The van der Waals surface area contributed by atoms with E-state index in [1.807, 2.05) is 34.6 Å². The van der Waals surface area contributed by atoms with E-state index in [1.165, 1.54) is 0 Å². The van der Waals surface area contributed by atoms with E-state index in [1.54, 1.807) is 0 Å². The van der Waals surface area contributed by atoms with Crippen LogP contribution in [0.5, 0.6) is 0 Å². The van der Waals surface area contributed by atoms with Crippen LogP contribution in [0.1, 0.15) is 156 Å². The molecule has 11 nitrogen and oxygen atoms in total. The summed E-state index contributed by atoms with van der Waals surface area (Å²) in [6.07, 6.45) is 9.70. The monoisotopic (exact) mass is 911 g/mol. The molecule has 12 aliphatic rings. The van der Waals surface area contributed by atoms with Gasteiger partial charge in [0.05, 0.1) is 69.2 Å². The summed E-state index contributed by atoms with van der Waals surface area (Å²) >= 11 is 0. The van der Waals surface area contributed by atoms with Crippen molar-refractivity contribution in [2.45, 2.75) is 206 Å². The van der Waals surface area contributed by atoms with E-state index in [-0.39, 0.29) is 94.0 Å². The van der Waals surface area contributed by atoms with Crippen LogP contribution in [0.3, 0.4) is 0 Å². The quantitative estimate of drug-likeness (QED) is 0.243. The van der Waals surface area contributed by atoms with Gasteiger partial charge in [-0.1, -0.05) is 34.6 Å². The molecule has 0 aromatic carbocycles. The zero-order valence-corrected chi connectivity index (χ0v) is 41.5. The van der Waals surface area contributed by atoms with Gasteiger partial charge in [-0.05, 0) is 158 Å². The number of aliphatic hydroxyl groups excluding tert-OH is 2. The molecular weight excluding hydrogens is 833 g/mol. The minimum absolute atomic E-state index is 0.00137. The standard InChI is InChI=1S/C55H78N2O9/c1-26-45-41(64-54(26)16-15-47(4,5)65-54)24-53(51(45,10)62)32-14-12-30-18-37-39(23-50(30,9)35(32)21-43(53)60)57-36-17-29-11-13-31-33(49(29,8)22-38(36)56-37)20-42(59)52-25-63-55(46(61)28(3)48(6,7)66-55)27(2)44(52)40(58)19-34(31)52/h26-35,40-41,44-46,58,61-62H,11-25H2,1-10H3/t26-,27+,28+,29-,30-,31+,32+,33-,34-,35-,40-,41-,44-,45-,46-,49-,50-,51-,52+,53-,54+,55+/m0/s1. The summed E-state index contributed by atoms with van der Waals surface area (Å²) < 4.78 is 26.9. The number of Topliss-reactive ketones (excluding diaryl/α,β-unsaturated/α-hetero) is 2. The van der Waals surface area contributed by atoms with Gasteiger partial charge in [0.2, 0.25) is 0 Å². The number of ketones is 2. The summed E-state index contributed by atoms with van der Waals surface area (Å²) in [7, 11) is 0. The molecule has 6 saturated carbocycles. The second-order valence-corrected chi connectivity index (χ2v) is 27.3. The van der Waals surface area contributed by atoms with Crippen molar-refractivity contribution >= 4 is 11.6 Å². The molecule has 0 radical (unpaired) electrons. The van der Waals surface area contributed by atoms with Crippen LogP contribution in [0.4, 0.5) is 0 Å². The molecule has 362 valence electrons. The topological polar surface area (TPSA) is 158 Å². The van der Waals surface area contributed by atoms with E-state index < -0.39 is 45.8 Å². The summed E-state index contributed by atoms with van der Waals surface area (Å²) in [6, 6.07) is 0. The lowest BCUT2D eigenvalue weighted by Crippen LogP contribution is -2.67. The maximum Gasteiger partial charge on any atom is 0.198 e. The number of fused-ring (bicyclic) bond motifs is 11. The summed E-state index contributed by atoms with van der Waals surface area (Å²) in [6.45, 7) is 21.6. The highest BCUT2D eigenvalue weighted by atomic mass is 16.7. The second-order valence-electron chi connectivity index (χ2n) is 27.3. The van der Waals surface area contributed by atoms with Crippen LogP contribution in [-0.4, -0.2) is 90.2 Å². The number of carbonyl (C=O) groups excluding carboxylic acids is 2. The lowest BCUT2D eigenvalue weighted by Gasteiger charge is -2.62. The van der Waals surface area contributed by atoms with E-state index in [2.05, 4.69) is 34.6 Å². The molecule has 5 heterocycles. The largest absolute Gasteiger partial charge is 0.393 e.